The molecule has 142 valence electrons. The fourth-order valence-corrected chi connectivity index (χ4v) is 4.32. The second-order valence-electron chi connectivity index (χ2n) is 7.69. The van der Waals surface area contributed by atoms with E-state index in [4.69, 9.17) is 0 Å². The van der Waals surface area contributed by atoms with Gasteiger partial charge in [0.25, 0.3) is 0 Å². The fraction of sp³-hybridized carbons (Fsp3) is 0.435. The van der Waals surface area contributed by atoms with Gasteiger partial charge in [-0.1, -0.05) is 48.9 Å². The van der Waals surface area contributed by atoms with Crippen molar-refractivity contribution in [1.82, 2.24) is 14.5 Å². The highest BCUT2D eigenvalue weighted by Gasteiger charge is 2.23. The van der Waals surface area contributed by atoms with Gasteiger partial charge in [-0.15, -0.1) is 0 Å². The van der Waals surface area contributed by atoms with Crippen molar-refractivity contribution in [3.8, 4) is 0 Å². The summed E-state index contributed by atoms with van der Waals surface area (Å²) in [6, 6.07) is 19.1. The highest BCUT2D eigenvalue weighted by atomic mass is 16.1. The van der Waals surface area contributed by atoms with E-state index in [9.17, 15) is 4.79 Å². The Bertz CT molecular complexity index is 904. The van der Waals surface area contributed by atoms with Crippen LogP contribution in [0.2, 0.25) is 0 Å². The van der Waals surface area contributed by atoms with E-state index < -0.39 is 0 Å². The average molecular weight is 364 g/mol. The maximum Gasteiger partial charge on any atom is 0.326 e. The highest BCUT2D eigenvalue weighted by Crippen LogP contribution is 2.25. The molecule has 4 rings (SSSR count). The van der Waals surface area contributed by atoms with Gasteiger partial charge in [-0.05, 0) is 56.3 Å². The van der Waals surface area contributed by atoms with Crippen LogP contribution in [0.15, 0.2) is 59.4 Å². The van der Waals surface area contributed by atoms with E-state index in [0.29, 0.717) is 6.04 Å². The first-order valence-corrected chi connectivity index (χ1v) is 10.3. The molecule has 1 aliphatic rings. The number of aromatic amines is 1. The Balaban J connectivity index is 1.22. The van der Waals surface area contributed by atoms with Crippen LogP contribution in [-0.2, 0) is 6.42 Å². The lowest BCUT2D eigenvalue weighted by Gasteiger charge is -2.32. The van der Waals surface area contributed by atoms with E-state index in [1.165, 1.54) is 37.8 Å². The topological polar surface area (TPSA) is 41.0 Å². The molecule has 0 bridgehead atoms. The zero-order chi connectivity index (χ0) is 18.5. The molecule has 0 spiro atoms. The molecule has 0 radical (unpaired) electrons. The predicted molar refractivity (Wildman–Crippen MR) is 111 cm³/mol. The van der Waals surface area contributed by atoms with Crippen LogP contribution in [0.3, 0.4) is 0 Å². The molecule has 4 nitrogen and oxygen atoms in total. The summed E-state index contributed by atoms with van der Waals surface area (Å²) in [7, 11) is 0. The Morgan fingerprint density at radius 3 is 2.44 bits per heavy atom. The summed E-state index contributed by atoms with van der Waals surface area (Å²) >= 11 is 0. The number of benzene rings is 2. The number of imidazole rings is 1. The molecule has 0 atom stereocenters. The summed E-state index contributed by atoms with van der Waals surface area (Å²) in [4.78, 5) is 17.9. The largest absolute Gasteiger partial charge is 0.326 e. The van der Waals surface area contributed by atoms with Gasteiger partial charge in [-0.3, -0.25) is 4.57 Å². The van der Waals surface area contributed by atoms with Crippen LogP contribution in [0.1, 0.15) is 43.7 Å². The summed E-state index contributed by atoms with van der Waals surface area (Å²) in [5, 5.41) is 0. The van der Waals surface area contributed by atoms with E-state index in [2.05, 4.69) is 40.2 Å². The summed E-state index contributed by atoms with van der Waals surface area (Å²) in [5.74, 6) is 0. The number of nitrogens with zero attached hydrogens (tertiary/aromatic N) is 2. The molecule has 2 aromatic carbocycles. The van der Waals surface area contributed by atoms with Crippen molar-refractivity contribution in [2.45, 2.75) is 44.6 Å². The number of fused-ring (bicyclic) bond motifs is 1. The number of hydrogen-bond donors (Lipinski definition) is 1. The van der Waals surface area contributed by atoms with Crippen LogP contribution in [0.5, 0.6) is 0 Å². The number of para-hydroxylation sites is 2. The Morgan fingerprint density at radius 1 is 0.889 bits per heavy atom. The van der Waals surface area contributed by atoms with Gasteiger partial charge in [0.2, 0.25) is 0 Å². The van der Waals surface area contributed by atoms with E-state index >= 15 is 0 Å². The van der Waals surface area contributed by atoms with Crippen molar-refractivity contribution in [2.24, 2.45) is 0 Å². The number of piperidine rings is 1. The normalized spacial score (nSPS) is 16.1. The Morgan fingerprint density at radius 2 is 1.63 bits per heavy atom. The first kappa shape index (κ1) is 18.1. The number of nitrogens with one attached hydrogen (secondary N) is 1. The summed E-state index contributed by atoms with van der Waals surface area (Å²) in [5.41, 5.74) is 3.48. The summed E-state index contributed by atoms with van der Waals surface area (Å²) in [6.45, 7) is 3.37. The van der Waals surface area contributed by atoms with Crippen molar-refractivity contribution in [3.05, 3.63) is 70.6 Å². The molecule has 1 aromatic heterocycles. The third-order valence-electron chi connectivity index (χ3n) is 5.83. The van der Waals surface area contributed by atoms with Crippen molar-refractivity contribution in [1.29, 1.82) is 0 Å². The van der Waals surface area contributed by atoms with Gasteiger partial charge in [0, 0.05) is 19.1 Å². The molecule has 27 heavy (non-hydrogen) atoms. The second-order valence-corrected chi connectivity index (χ2v) is 7.69. The molecule has 0 aliphatic carbocycles. The van der Waals surface area contributed by atoms with Crippen molar-refractivity contribution < 1.29 is 0 Å². The van der Waals surface area contributed by atoms with E-state index in [0.717, 1.165) is 37.0 Å². The van der Waals surface area contributed by atoms with Crippen LogP contribution in [0.25, 0.3) is 11.0 Å². The number of aryl methyl sites for hydroxylation is 1. The molecule has 0 saturated carbocycles. The molecule has 2 heterocycles. The van der Waals surface area contributed by atoms with Crippen LogP contribution in [0, 0.1) is 0 Å². The quantitative estimate of drug-likeness (QED) is 0.633. The molecule has 1 saturated heterocycles. The molecule has 1 fully saturated rings. The lowest BCUT2D eigenvalue weighted by atomic mass is 10.0. The summed E-state index contributed by atoms with van der Waals surface area (Å²) in [6.07, 6.45) is 7.14. The van der Waals surface area contributed by atoms with Gasteiger partial charge in [0.1, 0.15) is 0 Å². The average Bonchev–Trinajstić information content (AvgIpc) is 3.05. The molecule has 0 amide bonds. The van der Waals surface area contributed by atoms with Gasteiger partial charge in [-0.2, -0.15) is 0 Å². The van der Waals surface area contributed by atoms with Gasteiger partial charge in [-0.25, -0.2) is 4.79 Å². The second kappa shape index (κ2) is 8.57. The van der Waals surface area contributed by atoms with Gasteiger partial charge in [0.15, 0.2) is 0 Å². The highest BCUT2D eigenvalue weighted by molar-refractivity contribution is 5.75. The van der Waals surface area contributed by atoms with E-state index in [1.54, 1.807) is 0 Å². The van der Waals surface area contributed by atoms with Crippen LogP contribution in [0.4, 0.5) is 0 Å². The van der Waals surface area contributed by atoms with E-state index in [1.807, 2.05) is 28.8 Å². The lowest BCUT2D eigenvalue weighted by molar-refractivity contribution is 0.184. The molecule has 4 heteroatoms. The first-order chi connectivity index (χ1) is 13.3. The molecule has 0 unspecified atom stereocenters. The number of hydrogen-bond acceptors (Lipinski definition) is 2. The SMILES string of the molecule is O=c1[nH]c2ccccc2n1C1CCN(CCCCCc2ccccc2)CC1. The summed E-state index contributed by atoms with van der Waals surface area (Å²) < 4.78 is 1.98. The number of rotatable bonds is 7. The minimum Gasteiger partial charge on any atom is -0.306 e. The van der Waals surface area contributed by atoms with E-state index in [-0.39, 0.29) is 5.69 Å². The lowest BCUT2D eigenvalue weighted by Crippen LogP contribution is -2.37. The van der Waals surface area contributed by atoms with Gasteiger partial charge >= 0.3 is 5.69 Å². The third-order valence-corrected chi connectivity index (χ3v) is 5.83. The first-order valence-electron chi connectivity index (χ1n) is 10.3. The smallest absolute Gasteiger partial charge is 0.306 e. The Labute approximate surface area is 160 Å². The minimum atomic E-state index is 0.0376. The standard InChI is InChI=1S/C23H29N3O/c27-23-24-21-12-6-7-13-22(21)26(23)20-14-17-25(18-15-20)16-8-2-5-11-19-9-3-1-4-10-19/h1,3-4,6-7,9-10,12-13,20H,2,5,8,11,14-18H2,(H,24,27). The van der Waals surface area contributed by atoms with Crippen LogP contribution in [-0.4, -0.2) is 34.1 Å². The number of unbranched alkanes of at least 4 members (excludes halogenated alkanes) is 2. The Kier molecular flexibility index (Phi) is 5.73. The number of aromatic nitrogens is 2. The molecule has 3 aromatic rings. The van der Waals surface area contributed by atoms with Gasteiger partial charge in [0.05, 0.1) is 11.0 Å². The monoisotopic (exact) mass is 363 g/mol. The fourth-order valence-electron chi connectivity index (χ4n) is 4.32. The maximum absolute atomic E-state index is 12.4. The zero-order valence-corrected chi connectivity index (χ0v) is 15.9. The van der Waals surface area contributed by atoms with Crippen LogP contribution < -0.4 is 5.69 Å². The minimum absolute atomic E-state index is 0.0376. The van der Waals surface area contributed by atoms with Crippen molar-refractivity contribution in [2.75, 3.05) is 19.6 Å². The number of H-pyrrole nitrogens is 1. The van der Waals surface area contributed by atoms with Gasteiger partial charge < -0.3 is 9.88 Å². The van der Waals surface area contributed by atoms with Crippen LogP contribution >= 0.6 is 0 Å². The zero-order valence-electron chi connectivity index (χ0n) is 15.9. The predicted octanol–water partition coefficient (Wildman–Crippen LogP) is 4.38. The molecular formula is C23H29N3O. The number of likely N-dealkylation sites (tertiary alicyclic amines) is 1. The van der Waals surface area contributed by atoms with Crippen molar-refractivity contribution in [3.63, 3.8) is 0 Å². The third kappa shape index (κ3) is 4.33. The molecule has 1 N–H and O–H groups in total. The molecule has 1 aliphatic heterocycles. The van der Waals surface area contributed by atoms with Crippen molar-refractivity contribution >= 4 is 11.0 Å². The molecular weight excluding hydrogens is 334 g/mol. The Hall–Kier alpha value is -2.33. The maximum atomic E-state index is 12.4.